The average Bonchev–Trinajstić information content (AvgIpc) is 3.58. The SMILES string of the molecule is CC(NC(=O)C1CCN(C(=O)C=Cc2ccc(OCC3CC3)c(Cl)c2Cl)CC1)C(=O)O. The number of carbonyl (C=O) groups excluding carboxylic acids is 2. The number of benzene rings is 1. The summed E-state index contributed by atoms with van der Waals surface area (Å²) in [6.45, 7) is 2.90. The molecule has 0 spiro atoms. The maximum atomic E-state index is 12.5. The molecule has 0 radical (unpaired) electrons. The fourth-order valence-electron chi connectivity index (χ4n) is 3.30. The first-order chi connectivity index (χ1) is 14.8. The fourth-order valence-corrected chi connectivity index (χ4v) is 3.75. The van der Waals surface area contributed by atoms with E-state index in [1.165, 1.54) is 25.8 Å². The average molecular weight is 469 g/mol. The molecular weight excluding hydrogens is 443 g/mol. The Kier molecular flexibility index (Phi) is 7.84. The number of hydrogen-bond donors (Lipinski definition) is 2. The van der Waals surface area contributed by atoms with E-state index in [9.17, 15) is 14.4 Å². The number of carboxylic acid groups (broad SMARTS) is 1. The van der Waals surface area contributed by atoms with Crippen LogP contribution >= 0.6 is 23.2 Å². The highest BCUT2D eigenvalue weighted by Crippen LogP contribution is 2.37. The molecule has 1 atom stereocenters. The van der Waals surface area contributed by atoms with Crippen molar-refractivity contribution in [3.05, 3.63) is 33.8 Å². The Balaban J connectivity index is 1.52. The third-order valence-corrected chi connectivity index (χ3v) is 6.44. The molecule has 31 heavy (non-hydrogen) atoms. The van der Waals surface area contributed by atoms with Gasteiger partial charge in [-0.2, -0.15) is 0 Å². The summed E-state index contributed by atoms with van der Waals surface area (Å²) in [5.41, 5.74) is 0.621. The number of nitrogens with one attached hydrogen (secondary N) is 1. The Hall–Kier alpha value is -2.25. The molecule has 1 aliphatic heterocycles. The maximum absolute atomic E-state index is 12.5. The molecule has 1 aromatic rings. The summed E-state index contributed by atoms with van der Waals surface area (Å²) in [7, 11) is 0. The lowest BCUT2D eigenvalue weighted by molar-refractivity contribution is -0.142. The van der Waals surface area contributed by atoms with Gasteiger partial charge in [0.2, 0.25) is 11.8 Å². The first-order valence-electron chi connectivity index (χ1n) is 10.4. The van der Waals surface area contributed by atoms with E-state index in [1.807, 2.05) is 0 Å². The quantitative estimate of drug-likeness (QED) is 0.567. The van der Waals surface area contributed by atoms with E-state index >= 15 is 0 Å². The highest BCUT2D eigenvalue weighted by atomic mass is 35.5. The molecule has 1 aliphatic carbocycles. The van der Waals surface area contributed by atoms with E-state index in [4.69, 9.17) is 33.0 Å². The van der Waals surface area contributed by atoms with Crippen LogP contribution in [0.1, 0.15) is 38.2 Å². The minimum Gasteiger partial charge on any atom is -0.492 e. The number of halogens is 2. The van der Waals surface area contributed by atoms with Crippen molar-refractivity contribution in [2.24, 2.45) is 11.8 Å². The van der Waals surface area contributed by atoms with Crippen molar-refractivity contribution in [2.75, 3.05) is 19.7 Å². The van der Waals surface area contributed by atoms with Gasteiger partial charge in [0.25, 0.3) is 0 Å². The second kappa shape index (κ2) is 10.4. The van der Waals surface area contributed by atoms with Crippen LogP contribution in [0.5, 0.6) is 5.75 Å². The van der Waals surface area contributed by atoms with Crippen molar-refractivity contribution in [1.82, 2.24) is 10.2 Å². The van der Waals surface area contributed by atoms with Crippen LogP contribution in [0.25, 0.3) is 6.08 Å². The van der Waals surface area contributed by atoms with Crippen molar-refractivity contribution < 1.29 is 24.2 Å². The van der Waals surface area contributed by atoms with Crippen LogP contribution < -0.4 is 10.1 Å². The van der Waals surface area contributed by atoms with Crippen LogP contribution in [0.4, 0.5) is 0 Å². The molecule has 3 rings (SSSR count). The normalized spacial score (nSPS) is 18.1. The molecule has 1 heterocycles. The van der Waals surface area contributed by atoms with Gasteiger partial charge in [0, 0.05) is 25.1 Å². The van der Waals surface area contributed by atoms with Crippen molar-refractivity contribution in [1.29, 1.82) is 0 Å². The molecule has 0 aromatic heterocycles. The summed E-state index contributed by atoms with van der Waals surface area (Å²) in [4.78, 5) is 37.2. The van der Waals surface area contributed by atoms with Gasteiger partial charge in [-0.25, -0.2) is 0 Å². The molecule has 7 nitrogen and oxygen atoms in total. The Morgan fingerprint density at radius 3 is 2.48 bits per heavy atom. The van der Waals surface area contributed by atoms with E-state index in [2.05, 4.69) is 5.32 Å². The lowest BCUT2D eigenvalue weighted by Gasteiger charge is -2.31. The highest BCUT2D eigenvalue weighted by molar-refractivity contribution is 6.43. The topological polar surface area (TPSA) is 95.9 Å². The van der Waals surface area contributed by atoms with Crippen LogP contribution in [-0.2, 0) is 14.4 Å². The monoisotopic (exact) mass is 468 g/mol. The van der Waals surface area contributed by atoms with Gasteiger partial charge in [-0.15, -0.1) is 0 Å². The summed E-state index contributed by atoms with van der Waals surface area (Å²) in [5.74, 6) is -0.706. The van der Waals surface area contributed by atoms with Gasteiger partial charge in [-0.3, -0.25) is 14.4 Å². The minimum atomic E-state index is -1.08. The van der Waals surface area contributed by atoms with Crippen molar-refractivity contribution in [2.45, 2.75) is 38.6 Å². The van der Waals surface area contributed by atoms with Crippen LogP contribution in [-0.4, -0.2) is 53.5 Å². The molecule has 0 bridgehead atoms. The summed E-state index contributed by atoms with van der Waals surface area (Å²) < 4.78 is 5.70. The number of rotatable bonds is 8. The second-order valence-electron chi connectivity index (χ2n) is 8.04. The van der Waals surface area contributed by atoms with Crippen molar-refractivity contribution in [3.8, 4) is 5.75 Å². The molecule has 2 N–H and O–H groups in total. The first kappa shape index (κ1) is 23.4. The number of ether oxygens (including phenoxy) is 1. The zero-order valence-electron chi connectivity index (χ0n) is 17.3. The van der Waals surface area contributed by atoms with E-state index in [-0.39, 0.29) is 17.7 Å². The van der Waals surface area contributed by atoms with Gasteiger partial charge >= 0.3 is 5.97 Å². The Morgan fingerprint density at radius 1 is 1.19 bits per heavy atom. The Morgan fingerprint density at radius 2 is 1.87 bits per heavy atom. The molecule has 2 amide bonds. The molecule has 1 saturated heterocycles. The van der Waals surface area contributed by atoms with Crippen LogP contribution in [0, 0.1) is 11.8 Å². The van der Waals surface area contributed by atoms with Gasteiger partial charge in [0.1, 0.15) is 16.8 Å². The van der Waals surface area contributed by atoms with Crippen LogP contribution in [0.3, 0.4) is 0 Å². The third-order valence-electron chi connectivity index (χ3n) is 5.56. The number of carboxylic acids is 1. The largest absolute Gasteiger partial charge is 0.492 e. The number of carbonyl (C=O) groups is 3. The zero-order chi connectivity index (χ0) is 22.5. The Labute approximate surface area is 191 Å². The van der Waals surface area contributed by atoms with E-state index < -0.39 is 12.0 Å². The standard InChI is InChI=1S/C22H26Cl2N2O5/c1-13(22(29)30)25-21(28)16-8-10-26(11-9-16)18(27)7-5-15-4-6-17(20(24)19(15)23)31-12-14-2-3-14/h4-7,13-14,16H,2-3,8-12H2,1H3,(H,25,28)(H,29,30). The molecule has 2 fully saturated rings. The molecule has 1 saturated carbocycles. The maximum Gasteiger partial charge on any atom is 0.325 e. The van der Waals surface area contributed by atoms with E-state index in [1.54, 1.807) is 23.1 Å². The molecular formula is C22H26Cl2N2O5. The van der Waals surface area contributed by atoms with Crippen LogP contribution in [0.2, 0.25) is 10.0 Å². The van der Waals surface area contributed by atoms with Gasteiger partial charge in [-0.1, -0.05) is 23.2 Å². The summed E-state index contributed by atoms with van der Waals surface area (Å²) >= 11 is 12.6. The van der Waals surface area contributed by atoms with Crippen LogP contribution in [0.15, 0.2) is 18.2 Å². The number of nitrogens with zero attached hydrogens (tertiary/aromatic N) is 1. The smallest absolute Gasteiger partial charge is 0.325 e. The summed E-state index contributed by atoms with van der Waals surface area (Å²) in [5, 5.41) is 12.0. The molecule has 1 unspecified atom stereocenters. The van der Waals surface area contributed by atoms with Gasteiger partial charge < -0.3 is 20.1 Å². The lowest BCUT2D eigenvalue weighted by Crippen LogP contribution is -2.46. The minimum absolute atomic E-state index is 0.181. The number of hydrogen-bond acceptors (Lipinski definition) is 4. The van der Waals surface area contributed by atoms with E-state index in [0.717, 1.165) is 0 Å². The first-order valence-corrected chi connectivity index (χ1v) is 11.1. The highest BCUT2D eigenvalue weighted by Gasteiger charge is 2.28. The predicted molar refractivity (Wildman–Crippen MR) is 118 cm³/mol. The van der Waals surface area contributed by atoms with Crippen molar-refractivity contribution >= 4 is 47.1 Å². The van der Waals surface area contributed by atoms with Gasteiger partial charge in [-0.05, 0) is 62.3 Å². The Bertz CT molecular complexity index is 877. The third kappa shape index (κ3) is 6.37. The predicted octanol–water partition coefficient (Wildman–Crippen LogP) is 3.62. The second-order valence-corrected chi connectivity index (χ2v) is 8.79. The number of amides is 2. The number of aliphatic carboxylic acids is 1. The summed E-state index contributed by atoms with van der Waals surface area (Å²) in [6, 6.07) is 2.58. The molecule has 1 aromatic carbocycles. The van der Waals surface area contributed by atoms with E-state index in [0.29, 0.717) is 59.8 Å². The summed E-state index contributed by atoms with van der Waals surface area (Å²) in [6.07, 6.45) is 6.38. The number of piperidine rings is 1. The number of likely N-dealkylation sites (tertiary alicyclic amines) is 1. The van der Waals surface area contributed by atoms with Gasteiger partial charge in [0.15, 0.2) is 0 Å². The lowest BCUT2D eigenvalue weighted by atomic mass is 9.95. The molecule has 2 aliphatic rings. The zero-order valence-corrected chi connectivity index (χ0v) is 18.8. The van der Waals surface area contributed by atoms with Gasteiger partial charge in [0.05, 0.1) is 11.6 Å². The fraction of sp³-hybridized carbons (Fsp3) is 0.500. The van der Waals surface area contributed by atoms with Crippen molar-refractivity contribution in [3.63, 3.8) is 0 Å². The molecule has 168 valence electrons. The molecule has 9 heteroatoms.